The zero-order valence-corrected chi connectivity index (χ0v) is 17.8. The summed E-state index contributed by atoms with van der Waals surface area (Å²) >= 11 is 0. The van der Waals surface area contributed by atoms with E-state index in [0.29, 0.717) is 29.2 Å². The summed E-state index contributed by atoms with van der Waals surface area (Å²) in [5.74, 6) is -0.0708. The summed E-state index contributed by atoms with van der Waals surface area (Å²) in [5.41, 5.74) is 9.48. The lowest BCUT2D eigenvalue weighted by Gasteiger charge is -2.13. The lowest BCUT2D eigenvalue weighted by molar-refractivity contribution is -0.274. The van der Waals surface area contributed by atoms with Gasteiger partial charge in [-0.25, -0.2) is 4.98 Å². The van der Waals surface area contributed by atoms with Crippen molar-refractivity contribution in [2.45, 2.75) is 18.8 Å². The first-order chi connectivity index (χ1) is 16.3. The third kappa shape index (κ3) is 6.02. The molecule has 4 rings (SSSR count). The molecule has 0 radical (unpaired) electrons. The Morgan fingerprint density at radius 2 is 1.74 bits per heavy atom. The zero-order chi connectivity index (χ0) is 24.1. The van der Waals surface area contributed by atoms with Crippen LogP contribution in [0.15, 0.2) is 85.1 Å². The number of nitrogens with one attached hydrogen (secondary N) is 2. The van der Waals surface area contributed by atoms with Crippen molar-refractivity contribution in [3.63, 3.8) is 0 Å². The first-order valence-corrected chi connectivity index (χ1v) is 10.4. The first kappa shape index (κ1) is 23.1. The number of carbonyl (C=O) groups is 1. The van der Waals surface area contributed by atoms with Crippen molar-refractivity contribution < 1.29 is 22.7 Å². The van der Waals surface area contributed by atoms with Gasteiger partial charge in [0, 0.05) is 23.0 Å². The van der Waals surface area contributed by atoms with E-state index in [9.17, 15) is 18.0 Å². The Hall–Kier alpha value is -4.11. The van der Waals surface area contributed by atoms with Crippen molar-refractivity contribution in [2.75, 3.05) is 5.32 Å². The molecule has 0 aliphatic rings. The predicted molar refractivity (Wildman–Crippen MR) is 123 cm³/mol. The van der Waals surface area contributed by atoms with Gasteiger partial charge in [-0.15, -0.1) is 13.2 Å². The molecule has 6 nitrogen and oxygen atoms in total. The fraction of sp³-hybridized carbons (Fsp3) is 0.120. The molecule has 0 spiro atoms. The number of benzene rings is 3. The topological polar surface area (TPSA) is 93.0 Å². The zero-order valence-electron chi connectivity index (χ0n) is 17.8. The highest BCUT2D eigenvalue weighted by atomic mass is 19.4. The van der Waals surface area contributed by atoms with E-state index in [-0.39, 0.29) is 11.7 Å². The lowest BCUT2D eigenvalue weighted by Crippen LogP contribution is -2.37. The van der Waals surface area contributed by atoms with Crippen molar-refractivity contribution in [2.24, 2.45) is 5.73 Å². The van der Waals surface area contributed by atoms with Crippen molar-refractivity contribution in [1.29, 1.82) is 0 Å². The molecule has 34 heavy (non-hydrogen) atoms. The van der Waals surface area contributed by atoms with Crippen LogP contribution in [-0.4, -0.2) is 28.3 Å². The van der Waals surface area contributed by atoms with Gasteiger partial charge in [0.25, 0.3) is 0 Å². The van der Waals surface area contributed by atoms with E-state index in [2.05, 4.69) is 20.0 Å². The highest BCUT2D eigenvalue weighted by molar-refractivity contribution is 5.95. The van der Waals surface area contributed by atoms with Gasteiger partial charge in [0.15, 0.2) is 0 Å². The summed E-state index contributed by atoms with van der Waals surface area (Å²) < 4.78 is 40.9. The van der Waals surface area contributed by atoms with Crippen LogP contribution in [-0.2, 0) is 11.2 Å². The normalized spacial score (nSPS) is 12.2. The first-order valence-electron chi connectivity index (χ1n) is 10.4. The number of nitrogens with zero attached hydrogens (tertiary/aromatic N) is 1. The number of hydrogen-bond acceptors (Lipinski definition) is 4. The van der Waals surface area contributed by atoms with Gasteiger partial charge in [-0.3, -0.25) is 4.79 Å². The lowest BCUT2D eigenvalue weighted by atomic mass is 10.1. The number of H-pyrrole nitrogens is 1. The van der Waals surface area contributed by atoms with Gasteiger partial charge in [0.1, 0.15) is 11.6 Å². The second kappa shape index (κ2) is 9.80. The summed E-state index contributed by atoms with van der Waals surface area (Å²) in [5, 5.41) is 2.82. The highest BCUT2D eigenvalue weighted by Gasteiger charge is 2.31. The average Bonchev–Trinajstić information content (AvgIpc) is 3.30. The molecule has 0 saturated carbocycles. The van der Waals surface area contributed by atoms with E-state index in [1.807, 2.05) is 36.4 Å². The number of amides is 1. The molecule has 0 aliphatic carbocycles. The molecule has 4 N–H and O–H groups in total. The summed E-state index contributed by atoms with van der Waals surface area (Å²) in [6.07, 6.45) is -2.68. The second-order valence-electron chi connectivity index (χ2n) is 7.57. The van der Waals surface area contributed by atoms with Crippen LogP contribution in [0.3, 0.4) is 0 Å². The summed E-state index contributed by atoms with van der Waals surface area (Å²) in [7, 11) is 0. The van der Waals surface area contributed by atoms with Crippen LogP contribution in [0.1, 0.15) is 5.56 Å². The smallest absolute Gasteiger partial charge is 0.406 e. The fourth-order valence-electron chi connectivity index (χ4n) is 3.38. The number of aromatic amines is 1. The van der Waals surface area contributed by atoms with Crippen molar-refractivity contribution >= 4 is 11.6 Å². The number of hydrogen-bond donors (Lipinski definition) is 3. The number of rotatable bonds is 7. The average molecular weight is 466 g/mol. The van der Waals surface area contributed by atoms with Crippen LogP contribution < -0.4 is 15.8 Å². The molecule has 1 atom stereocenters. The number of alkyl halides is 3. The largest absolute Gasteiger partial charge is 0.573 e. The highest BCUT2D eigenvalue weighted by Crippen LogP contribution is 2.28. The minimum Gasteiger partial charge on any atom is -0.406 e. The molecule has 1 unspecified atom stereocenters. The van der Waals surface area contributed by atoms with Crippen molar-refractivity contribution in [3.05, 3.63) is 90.6 Å². The van der Waals surface area contributed by atoms with Gasteiger partial charge in [0.2, 0.25) is 5.91 Å². The molecular formula is C25H21F3N4O2. The Balaban J connectivity index is 1.43. The van der Waals surface area contributed by atoms with Crippen LogP contribution in [0, 0.1) is 0 Å². The van der Waals surface area contributed by atoms with Crippen LogP contribution in [0.2, 0.25) is 0 Å². The van der Waals surface area contributed by atoms with E-state index in [4.69, 9.17) is 5.73 Å². The Morgan fingerprint density at radius 3 is 2.44 bits per heavy atom. The molecule has 1 heterocycles. The van der Waals surface area contributed by atoms with Crippen LogP contribution in [0.25, 0.3) is 22.6 Å². The molecule has 3 aromatic carbocycles. The Kier molecular flexibility index (Phi) is 6.65. The van der Waals surface area contributed by atoms with E-state index in [1.165, 1.54) is 24.3 Å². The molecule has 0 fully saturated rings. The van der Waals surface area contributed by atoms with E-state index >= 15 is 0 Å². The Labute approximate surface area is 193 Å². The molecule has 0 saturated heterocycles. The van der Waals surface area contributed by atoms with E-state index in [1.54, 1.807) is 24.4 Å². The van der Waals surface area contributed by atoms with Crippen molar-refractivity contribution in [3.8, 4) is 28.4 Å². The number of ether oxygens (including phenoxy) is 1. The predicted octanol–water partition coefficient (Wildman–Crippen LogP) is 5.15. The van der Waals surface area contributed by atoms with Crippen molar-refractivity contribution in [1.82, 2.24) is 9.97 Å². The molecular weight excluding hydrogens is 445 g/mol. The summed E-state index contributed by atoms with van der Waals surface area (Å²) in [6.45, 7) is 0. The third-order valence-corrected chi connectivity index (χ3v) is 5.00. The van der Waals surface area contributed by atoms with Gasteiger partial charge in [-0.1, -0.05) is 42.5 Å². The van der Waals surface area contributed by atoms with Crippen LogP contribution in [0.4, 0.5) is 18.9 Å². The number of nitrogens with two attached hydrogens (primary N) is 1. The molecule has 4 aromatic rings. The quantitative estimate of drug-likeness (QED) is 0.351. The fourth-order valence-corrected chi connectivity index (χ4v) is 3.38. The number of halogens is 3. The Morgan fingerprint density at radius 1 is 1.00 bits per heavy atom. The summed E-state index contributed by atoms with van der Waals surface area (Å²) in [6, 6.07) is 21.4. The van der Waals surface area contributed by atoms with E-state index in [0.717, 1.165) is 11.1 Å². The number of imidazole rings is 1. The van der Waals surface area contributed by atoms with Gasteiger partial charge >= 0.3 is 6.36 Å². The van der Waals surface area contributed by atoms with Gasteiger partial charge < -0.3 is 20.8 Å². The molecule has 0 aliphatic heterocycles. The maximum atomic E-state index is 12.5. The third-order valence-electron chi connectivity index (χ3n) is 5.00. The SMILES string of the molecule is NC(Cc1ccccc1)C(=O)Nc1cccc(-c2nc(-c3ccc(OC(F)(F)F)cc3)c[nH]2)c1. The monoisotopic (exact) mass is 466 g/mol. The standard InChI is InChI=1S/C25H21F3N4O2/c26-25(27,28)34-20-11-9-17(10-12-20)22-15-30-23(32-22)18-7-4-8-19(14-18)31-24(33)21(29)13-16-5-2-1-3-6-16/h1-12,14-15,21H,13,29H2,(H,30,32)(H,31,33). The van der Waals surface area contributed by atoms with Gasteiger partial charge in [-0.05, 0) is 48.4 Å². The second-order valence-corrected chi connectivity index (χ2v) is 7.57. The van der Waals surface area contributed by atoms with Crippen LogP contribution in [0.5, 0.6) is 5.75 Å². The maximum absolute atomic E-state index is 12.5. The minimum atomic E-state index is -4.74. The molecule has 1 aromatic heterocycles. The summed E-state index contributed by atoms with van der Waals surface area (Å²) in [4.78, 5) is 20.1. The van der Waals surface area contributed by atoms with Crippen LogP contribution >= 0.6 is 0 Å². The molecule has 9 heteroatoms. The number of carbonyl (C=O) groups excluding carboxylic acids is 1. The van der Waals surface area contributed by atoms with Gasteiger partial charge in [-0.2, -0.15) is 0 Å². The van der Waals surface area contributed by atoms with Gasteiger partial charge in [0.05, 0.1) is 11.7 Å². The number of anilines is 1. The molecule has 1 amide bonds. The minimum absolute atomic E-state index is 0.303. The molecule has 0 bridgehead atoms. The maximum Gasteiger partial charge on any atom is 0.573 e. The molecule has 174 valence electrons. The Bertz CT molecular complexity index is 1260. The number of aromatic nitrogens is 2. The van der Waals surface area contributed by atoms with E-state index < -0.39 is 12.4 Å².